The number of rotatable bonds is 5. The molecule has 0 saturated carbocycles. The summed E-state index contributed by atoms with van der Waals surface area (Å²) in [6.07, 6.45) is 0.724. The van der Waals surface area contributed by atoms with E-state index in [1.165, 1.54) is 5.56 Å². The molecular weight excluding hydrogens is 236 g/mol. The van der Waals surface area contributed by atoms with Crippen LogP contribution in [0.2, 0.25) is 0 Å². The van der Waals surface area contributed by atoms with E-state index >= 15 is 0 Å². The van der Waals surface area contributed by atoms with Gasteiger partial charge in [0.05, 0.1) is 5.60 Å². The molecule has 1 fully saturated rings. The molecule has 1 heterocycles. The molecular formula is C16H26N2O. The van der Waals surface area contributed by atoms with Gasteiger partial charge < -0.3 is 10.0 Å². The summed E-state index contributed by atoms with van der Waals surface area (Å²) in [6.45, 7) is 10.4. The Morgan fingerprint density at radius 3 is 2.21 bits per heavy atom. The summed E-state index contributed by atoms with van der Waals surface area (Å²) in [4.78, 5) is 4.84. The van der Waals surface area contributed by atoms with Crippen LogP contribution in [0.3, 0.4) is 0 Å². The zero-order valence-electron chi connectivity index (χ0n) is 12.2. The first-order valence-electron chi connectivity index (χ1n) is 7.30. The summed E-state index contributed by atoms with van der Waals surface area (Å²) in [5.41, 5.74) is 0.565. The molecule has 1 saturated heterocycles. The summed E-state index contributed by atoms with van der Waals surface area (Å²) in [5.74, 6) is 0. The fourth-order valence-electron chi connectivity index (χ4n) is 2.84. The lowest BCUT2D eigenvalue weighted by atomic mass is 9.95. The molecule has 0 spiro atoms. The van der Waals surface area contributed by atoms with Crippen molar-refractivity contribution < 1.29 is 5.11 Å². The van der Waals surface area contributed by atoms with Crippen LogP contribution in [0.5, 0.6) is 0 Å². The second-order valence-electron chi connectivity index (χ2n) is 5.87. The third kappa shape index (κ3) is 4.60. The SMILES string of the molecule is CCN1CCN(CC(C)(O)Cc2ccccc2)CC1. The highest BCUT2D eigenvalue weighted by molar-refractivity contribution is 5.16. The van der Waals surface area contributed by atoms with Gasteiger partial charge in [0.15, 0.2) is 0 Å². The lowest BCUT2D eigenvalue weighted by Gasteiger charge is -2.38. The van der Waals surface area contributed by atoms with Crippen molar-refractivity contribution in [2.75, 3.05) is 39.3 Å². The molecule has 1 aliphatic rings. The minimum atomic E-state index is -0.643. The van der Waals surface area contributed by atoms with Crippen LogP contribution in [-0.2, 0) is 6.42 Å². The lowest BCUT2D eigenvalue weighted by molar-refractivity contribution is 0.00500. The Bertz CT molecular complexity index is 370. The van der Waals surface area contributed by atoms with E-state index in [1.807, 2.05) is 25.1 Å². The second-order valence-corrected chi connectivity index (χ2v) is 5.87. The number of β-amino-alcohol motifs (C(OH)–C–C–N with tert-alkyl or cyclic N) is 1. The Balaban J connectivity index is 1.84. The number of nitrogens with zero attached hydrogens (tertiary/aromatic N) is 2. The van der Waals surface area contributed by atoms with Crippen molar-refractivity contribution in [3.05, 3.63) is 35.9 Å². The Morgan fingerprint density at radius 2 is 1.63 bits per heavy atom. The molecule has 0 bridgehead atoms. The molecule has 0 aliphatic carbocycles. The van der Waals surface area contributed by atoms with E-state index in [0.717, 1.165) is 45.7 Å². The smallest absolute Gasteiger partial charge is 0.0786 e. The van der Waals surface area contributed by atoms with E-state index in [2.05, 4.69) is 28.9 Å². The molecule has 1 N–H and O–H groups in total. The predicted octanol–water partition coefficient (Wildman–Crippen LogP) is 1.62. The first kappa shape index (κ1) is 14.5. The highest BCUT2D eigenvalue weighted by atomic mass is 16.3. The van der Waals surface area contributed by atoms with Crippen LogP contribution >= 0.6 is 0 Å². The van der Waals surface area contributed by atoms with Crippen molar-refractivity contribution >= 4 is 0 Å². The van der Waals surface area contributed by atoms with Gasteiger partial charge in [0, 0.05) is 39.1 Å². The van der Waals surface area contributed by atoms with Crippen LogP contribution in [0.4, 0.5) is 0 Å². The first-order valence-corrected chi connectivity index (χ1v) is 7.30. The molecule has 1 aromatic carbocycles. The third-order valence-corrected chi connectivity index (χ3v) is 3.90. The molecule has 0 amide bonds. The van der Waals surface area contributed by atoms with E-state index in [9.17, 15) is 5.11 Å². The quantitative estimate of drug-likeness (QED) is 0.873. The summed E-state index contributed by atoms with van der Waals surface area (Å²) < 4.78 is 0. The molecule has 2 rings (SSSR count). The second kappa shape index (κ2) is 6.51. The average Bonchev–Trinajstić information content (AvgIpc) is 2.39. The zero-order valence-corrected chi connectivity index (χ0v) is 12.2. The maximum absolute atomic E-state index is 10.6. The van der Waals surface area contributed by atoms with E-state index in [1.54, 1.807) is 0 Å². The van der Waals surface area contributed by atoms with Gasteiger partial charge in [0.25, 0.3) is 0 Å². The number of likely N-dealkylation sites (N-methyl/N-ethyl adjacent to an activating group) is 1. The molecule has 1 aliphatic heterocycles. The van der Waals surface area contributed by atoms with E-state index in [0.29, 0.717) is 0 Å². The zero-order chi connectivity index (χ0) is 13.7. The highest BCUT2D eigenvalue weighted by Crippen LogP contribution is 2.15. The maximum atomic E-state index is 10.6. The van der Waals surface area contributed by atoms with Gasteiger partial charge in [0.2, 0.25) is 0 Å². The number of hydrogen-bond acceptors (Lipinski definition) is 3. The van der Waals surface area contributed by atoms with Crippen molar-refractivity contribution in [1.82, 2.24) is 9.80 Å². The first-order chi connectivity index (χ1) is 9.09. The van der Waals surface area contributed by atoms with Gasteiger partial charge in [-0.1, -0.05) is 37.3 Å². The largest absolute Gasteiger partial charge is 0.388 e. The van der Waals surface area contributed by atoms with Crippen LogP contribution in [0, 0.1) is 0 Å². The van der Waals surface area contributed by atoms with Crippen molar-refractivity contribution in [3.8, 4) is 0 Å². The molecule has 3 nitrogen and oxygen atoms in total. The van der Waals surface area contributed by atoms with Gasteiger partial charge in [-0.05, 0) is 19.0 Å². The van der Waals surface area contributed by atoms with E-state index < -0.39 is 5.60 Å². The van der Waals surface area contributed by atoms with Crippen molar-refractivity contribution in [3.63, 3.8) is 0 Å². The molecule has 106 valence electrons. The Hall–Kier alpha value is -0.900. The molecule has 0 aromatic heterocycles. The van der Waals surface area contributed by atoms with Crippen molar-refractivity contribution in [1.29, 1.82) is 0 Å². The number of hydrogen-bond donors (Lipinski definition) is 1. The molecule has 1 aromatic rings. The molecule has 19 heavy (non-hydrogen) atoms. The van der Waals surface area contributed by atoms with Crippen LogP contribution in [-0.4, -0.2) is 59.8 Å². The summed E-state index contributed by atoms with van der Waals surface area (Å²) in [6, 6.07) is 10.3. The number of aliphatic hydroxyl groups is 1. The normalized spacial score (nSPS) is 21.2. The van der Waals surface area contributed by atoms with Gasteiger partial charge in [-0.2, -0.15) is 0 Å². The molecule has 0 radical (unpaired) electrons. The monoisotopic (exact) mass is 262 g/mol. The predicted molar refractivity (Wildman–Crippen MR) is 79.3 cm³/mol. The van der Waals surface area contributed by atoms with Crippen LogP contribution in [0.25, 0.3) is 0 Å². The molecule has 3 heteroatoms. The minimum Gasteiger partial charge on any atom is -0.388 e. The fourth-order valence-corrected chi connectivity index (χ4v) is 2.84. The minimum absolute atomic E-state index is 0.643. The average molecular weight is 262 g/mol. The third-order valence-electron chi connectivity index (χ3n) is 3.90. The summed E-state index contributed by atoms with van der Waals surface area (Å²) in [7, 11) is 0. The highest BCUT2D eigenvalue weighted by Gasteiger charge is 2.26. The van der Waals surface area contributed by atoms with Gasteiger partial charge in [-0.25, -0.2) is 0 Å². The van der Waals surface area contributed by atoms with Crippen LogP contribution < -0.4 is 0 Å². The van der Waals surface area contributed by atoms with Crippen LogP contribution in [0.1, 0.15) is 19.4 Å². The summed E-state index contributed by atoms with van der Waals surface area (Å²) in [5, 5.41) is 10.6. The van der Waals surface area contributed by atoms with E-state index in [4.69, 9.17) is 0 Å². The van der Waals surface area contributed by atoms with Gasteiger partial charge in [-0.3, -0.25) is 4.90 Å². The summed E-state index contributed by atoms with van der Waals surface area (Å²) >= 11 is 0. The van der Waals surface area contributed by atoms with Crippen molar-refractivity contribution in [2.24, 2.45) is 0 Å². The Kier molecular flexibility index (Phi) is 4.97. The van der Waals surface area contributed by atoms with Gasteiger partial charge in [-0.15, -0.1) is 0 Å². The maximum Gasteiger partial charge on any atom is 0.0786 e. The van der Waals surface area contributed by atoms with Crippen molar-refractivity contribution in [2.45, 2.75) is 25.9 Å². The Labute approximate surface area is 116 Å². The van der Waals surface area contributed by atoms with Gasteiger partial charge >= 0.3 is 0 Å². The topological polar surface area (TPSA) is 26.7 Å². The Morgan fingerprint density at radius 1 is 1.05 bits per heavy atom. The number of piperazine rings is 1. The fraction of sp³-hybridized carbons (Fsp3) is 0.625. The standard InChI is InChI=1S/C16H26N2O/c1-3-17-9-11-18(12-10-17)14-16(2,19)13-15-7-5-4-6-8-15/h4-8,19H,3,9-14H2,1-2H3. The molecule has 1 unspecified atom stereocenters. The van der Waals surface area contributed by atoms with Crippen LogP contribution in [0.15, 0.2) is 30.3 Å². The lowest BCUT2D eigenvalue weighted by Crippen LogP contribution is -2.51. The number of benzene rings is 1. The van der Waals surface area contributed by atoms with Gasteiger partial charge in [0.1, 0.15) is 0 Å². The molecule has 1 atom stereocenters. The van der Waals surface area contributed by atoms with E-state index in [-0.39, 0.29) is 0 Å².